The summed E-state index contributed by atoms with van der Waals surface area (Å²) in [6.07, 6.45) is 0.741. The number of carbonyl (C=O) groups excluding carboxylic acids is 1. The standard InChI is InChI=1S/C16H15ClN4OS2/c1-21-14(8-11-6-7-23-9-11)19-20-16(21)24-10-15(22)18-13-4-2-12(17)3-5-13/h2-7,9H,8,10H2,1H3,(H,18,22). The third-order valence-corrected chi connectivity index (χ3v) is 5.33. The van der Waals surface area contributed by atoms with Crippen molar-refractivity contribution in [3.05, 3.63) is 57.5 Å². The molecule has 3 rings (SSSR count). The van der Waals surface area contributed by atoms with E-state index in [-0.39, 0.29) is 11.7 Å². The van der Waals surface area contributed by atoms with E-state index in [2.05, 4.69) is 27.0 Å². The van der Waals surface area contributed by atoms with Crippen LogP contribution in [0.5, 0.6) is 0 Å². The van der Waals surface area contributed by atoms with Crippen LogP contribution in [0.4, 0.5) is 5.69 Å². The molecule has 2 aromatic heterocycles. The van der Waals surface area contributed by atoms with Gasteiger partial charge in [-0.3, -0.25) is 4.79 Å². The summed E-state index contributed by atoms with van der Waals surface area (Å²) in [5, 5.41) is 16.7. The second-order valence-corrected chi connectivity index (χ2v) is 7.27. The van der Waals surface area contributed by atoms with Gasteiger partial charge in [0.05, 0.1) is 5.75 Å². The highest BCUT2D eigenvalue weighted by molar-refractivity contribution is 7.99. The Bertz CT molecular complexity index is 815. The first kappa shape index (κ1) is 17.0. The lowest BCUT2D eigenvalue weighted by Crippen LogP contribution is -2.14. The number of nitrogens with one attached hydrogen (secondary N) is 1. The van der Waals surface area contributed by atoms with Gasteiger partial charge in [0.25, 0.3) is 0 Å². The highest BCUT2D eigenvalue weighted by Crippen LogP contribution is 2.19. The van der Waals surface area contributed by atoms with Crippen LogP contribution in [-0.2, 0) is 18.3 Å². The Kier molecular flexibility index (Phi) is 5.55. The van der Waals surface area contributed by atoms with Crippen LogP contribution in [0.15, 0.2) is 46.2 Å². The maximum atomic E-state index is 12.0. The topological polar surface area (TPSA) is 59.8 Å². The molecule has 0 aliphatic rings. The summed E-state index contributed by atoms with van der Waals surface area (Å²) >= 11 is 8.85. The molecule has 0 radical (unpaired) electrons. The summed E-state index contributed by atoms with van der Waals surface area (Å²) in [4.78, 5) is 12.0. The van der Waals surface area contributed by atoms with E-state index in [0.717, 1.165) is 23.1 Å². The van der Waals surface area contributed by atoms with Gasteiger partial charge in [0.2, 0.25) is 5.91 Å². The fraction of sp³-hybridized carbons (Fsp3) is 0.188. The Balaban J connectivity index is 1.55. The van der Waals surface area contributed by atoms with Crippen molar-refractivity contribution in [3.8, 4) is 0 Å². The monoisotopic (exact) mass is 378 g/mol. The lowest BCUT2D eigenvalue weighted by Gasteiger charge is -2.05. The highest BCUT2D eigenvalue weighted by Gasteiger charge is 2.12. The smallest absolute Gasteiger partial charge is 0.234 e. The van der Waals surface area contributed by atoms with Crippen molar-refractivity contribution in [2.75, 3.05) is 11.1 Å². The number of thiophene rings is 1. The van der Waals surface area contributed by atoms with Crippen molar-refractivity contribution in [2.45, 2.75) is 11.6 Å². The molecule has 0 aliphatic heterocycles. The van der Waals surface area contributed by atoms with Gasteiger partial charge in [-0.15, -0.1) is 10.2 Å². The van der Waals surface area contributed by atoms with E-state index >= 15 is 0 Å². The molecule has 0 saturated carbocycles. The van der Waals surface area contributed by atoms with Crippen LogP contribution in [0.25, 0.3) is 0 Å². The Morgan fingerprint density at radius 1 is 1.29 bits per heavy atom. The molecular weight excluding hydrogens is 364 g/mol. The van der Waals surface area contributed by atoms with Crippen LogP contribution >= 0.6 is 34.7 Å². The first-order chi connectivity index (χ1) is 11.6. The maximum absolute atomic E-state index is 12.0. The number of hydrogen-bond acceptors (Lipinski definition) is 5. The van der Waals surface area contributed by atoms with Crippen molar-refractivity contribution in [2.24, 2.45) is 7.05 Å². The van der Waals surface area contributed by atoms with Gasteiger partial charge in [-0.25, -0.2) is 0 Å². The van der Waals surface area contributed by atoms with Gasteiger partial charge >= 0.3 is 0 Å². The molecule has 2 heterocycles. The van der Waals surface area contributed by atoms with E-state index in [1.807, 2.05) is 17.0 Å². The molecule has 0 bridgehead atoms. The SMILES string of the molecule is Cn1c(Cc2ccsc2)nnc1SCC(=O)Nc1ccc(Cl)cc1. The Labute approximate surface area is 153 Å². The molecule has 1 aromatic carbocycles. The van der Waals surface area contributed by atoms with Gasteiger partial charge in [0, 0.05) is 24.2 Å². The fourth-order valence-corrected chi connectivity index (χ4v) is 3.59. The molecule has 24 heavy (non-hydrogen) atoms. The zero-order valence-electron chi connectivity index (χ0n) is 12.9. The van der Waals surface area contributed by atoms with E-state index in [4.69, 9.17) is 11.6 Å². The van der Waals surface area contributed by atoms with Crippen molar-refractivity contribution < 1.29 is 4.79 Å². The third-order valence-electron chi connectivity index (χ3n) is 3.33. The quantitative estimate of drug-likeness (QED) is 0.662. The molecule has 1 amide bonds. The lowest BCUT2D eigenvalue weighted by atomic mass is 10.2. The van der Waals surface area contributed by atoms with Crippen LogP contribution in [0.1, 0.15) is 11.4 Å². The summed E-state index contributed by atoms with van der Waals surface area (Å²) in [6, 6.07) is 9.09. The molecule has 0 atom stereocenters. The number of carbonyl (C=O) groups is 1. The highest BCUT2D eigenvalue weighted by atomic mass is 35.5. The zero-order valence-corrected chi connectivity index (χ0v) is 15.3. The fourth-order valence-electron chi connectivity index (χ4n) is 2.06. The molecular formula is C16H15ClN4OS2. The minimum Gasteiger partial charge on any atom is -0.325 e. The van der Waals surface area contributed by atoms with Crippen LogP contribution in [0, 0.1) is 0 Å². The normalized spacial score (nSPS) is 10.8. The van der Waals surface area contributed by atoms with Crippen LogP contribution < -0.4 is 5.32 Å². The number of benzene rings is 1. The summed E-state index contributed by atoms with van der Waals surface area (Å²) < 4.78 is 1.93. The first-order valence-electron chi connectivity index (χ1n) is 7.19. The Hall–Kier alpha value is -1.83. The summed E-state index contributed by atoms with van der Waals surface area (Å²) in [5.74, 6) is 1.06. The summed E-state index contributed by atoms with van der Waals surface area (Å²) in [7, 11) is 1.92. The number of halogens is 1. The zero-order chi connectivity index (χ0) is 16.9. The second kappa shape index (κ2) is 7.83. The van der Waals surface area contributed by atoms with Crippen molar-refractivity contribution in [1.82, 2.24) is 14.8 Å². The number of anilines is 1. The molecule has 8 heteroatoms. The van der Waals surface area contributed by atoms with Gasteiger partial charge in [-0.05, 0) is 46.7 Å². The van der Waals surface area contributed by atoms with Gasteiger partial charge in [0.1, 0.15) is 5.82 Å². The van der Waals surface area contributed by atoms with E-state index in [0.29, 0.717) is 5.02 Å². The number of rotatable bonds is 6. The van der Waals surface area contributed by atoms with Crippen LogP contribution in [0.3, 0.4) is 0 Å². The van der Waals surface area contributed by atoms with E-state index < -0.39 is 0 Å². The molecule has 0 unspecified atom stereocenters. The summed E-state index contributed by atoms with van der Waals surface area (Å²) in [6.45, 7) is 0. The maximum Gasteiger partial charge on any atom is 0.234 e. The minimum absolute atomic E-state index is 0.0929. The van der Waals surface area contributed by atoms with Gasteiger partial charge in [-0.2, -0.15) is 11.3 Å². The molecule has 0 spiro atoms. The van der Waals surface area contributed by atoms with E-state index in [9.17, 15) is 4.79 Å². The minimum atomic E-state index is -0.0929. The Morgan fingerprint density at radius 2 is 2.08 bits per heavy atom. The van der Waals surface area contributed by atoms with Crippen LogP contribution in [0.2, 0.25) is 5.02 Å². The van der Waals surface area contributed by atoms with Crippen molar-refractivity contribution >= 4 is 46.3 Å². The number of aromatic nitrogens is 3. The lowest BCUT2D eigenvalue weighted by molar-refractivity contribution is -0.113. The van der Waals surface area contributed by atoms with Crippen molar-refractivity contribution in [1.29, 1.82) is 0 Å². The summed E-state index contributed by atoms with van der Waals surface area (Å²) in [5.41, 5.74) is 1.94. The largest absolute Gasteiger partial charge is 0.325 e. The van der Waals surface area contributed by atoms with Gasteiger partial charge in [-0.1, -0.05) is 23.4 Å². The molecule has 3 aromatic rings. The molecule has 5 nitrogen and oxygen atoms in total. The molecule has 0 saturated heterocycles. The van der Waals surface area contributed by atoms with E-state index in [1.54, 1.807) is 35.6 Å². The number of hydrogen-bond donors (Lipinski definition) is 1. The Morgan fingerprint density at radius 3 is 2.79 bits per heavy atom. The average molecular weight is 379 g/mol. The number of amides is 1. The van der Waals surface area contributed by atoms with E-state index in [1.165, 1.54) is 17.3 Å². The molecule has 0 aliphatic carbocycles. The first-order valence-corrected chi connectivity index (χ1v) is 9.50. The number of nitrogens with zero attached hydrogens (tertiary/aromatic N) is 3. The third kappa shape index (κ3) is 4.37. The van der Waals surface area contributed by atoms with Crippen LogP contribution in [-0.4, -0.2) is 26.4 Å². The van der Waals surface area contributed by atoms with Crippen molar-refractivity contribution in [3.63, 3.8) is 0 Å². The second-order valence-electron chi connectivity index (χ2n) is 5.11. The predicted molar refractivity (Wildman–Crippen MR) is 98.9 cm³/mol. The van der Waals surface area contributed by atoms with Gasteiger partial charge < -0.3 is 9.88 Å². The number of thioether (sulfide) groups is 1. The predicted octanol–water partition coefficient (Wildman–Crippen LogP) is 3.85. The average Bonchev–Trinajstić information content (AvgIpc) is 3.19. The van der Waals surface area contributed by atoms with Gasteiger partial charge in [0.15, 0.2) is 5.16 Å². The molecule has 124 valence electrons. The molecule has 1 N–H and O–H groups in total. The molecule has 0 fully saturated rings.